The van der Waals surface area contributed by atoms with E-state index in [9.17, 15) is 4.79 Å². The molecule has 0 N–H and O–H groups in total. The molecule has 0 fully saturated rings. The molecule has 0 bridgehead atoms. The second-order valence-electron chi connectivity index (χ2n) is 5.21. The van der Waals surface area contributed by atoms with Gasteiger partial charge >= 0.3 is 0 Å². The molecule has 0 atom stereocenters. The smallest absolute Gasteiger partial charge is 0.155 e. The fraction of sp³-hybridized carbons (Fsp3) is 0.158. The van der Waals surface area contributed by atoms with E-state index in [1.54, 1.807) is 19.3 Å². The van der Waals surface area contributed by atoms with Gasteiger partial charge in [0.05, 0.1) is 25.3 Å². The van der Waals surface area contributed by atoms with Gasteiger partial charge in [-0.25, -0.2) is 4.98 Å². The van der Waals surface area contributed by atoms with Crippen molar-refractivity contribution >= 4 is 17.3 Å². The lowest BCUT2D eigenvalue weighted by atomic mass is 10.1. The number of methoxy groups -OCH3 is 2. The monoisotopic (exact) mass is 322 g/mol. The van der Waals surface area contributed by atoms with Crippen molar-refractivity contribution in [2.24, 2.45) is 0 Å². The van der Waals surface area contributed by atoms with Gasteiger partial charge in [-0.15, -0.1) is 6.58 Å². The van der Waals surface area contributed by atoms with Gasteiger partial charge in [0.15, 0.2) is 6.29 Å². The number of aromatic nitrogens is 2. The summed E-state index contributed by atoms with van der Waals surface area (Å²) in [4.78, 5) is 16.4. The van der Waals surface area contributed by atoms with Crippen LogP contribution in [-0.2, 0) is 6.54 Å². The van der Waals surface area contributed by atoms with Crippen molar-refractivity contribution in [1.29, 1.82) is 0 Å². The molecule has 122 valence electrons. The summed E-state index contributed by atoms with van der Waals surface area (Å²) in [6.45, 7) is 4.33. The van der Waals surface area contributed by atoms with E-state index >= 15 is 0 Å². The molecule has 0 saturated heterocycles. The summed E-state index contributed by atoms with van der Waals surface area (Å²) < 4.78 is 12.8. The second-order valence-corrected chi connectivity index (χ2v) is 5.21. The van der Waals surface area contributed by atoms with Crippen LogP contribution in [0.25, 0.3) is 22.4 Å². The van der Waals surface area contributed by atoms with Crippen molar-refractivity contribution in [3.8, 4) is 22.9 Å². The third-order valence-electron chi connectivity index (χ3n) is 3.89. The standard InChI is InChI=1S/C19H18N2O3/c1-4-10-21-18-14(12-22)15(23-2)11-16(24-3)17(18)20-19(21)13-8-6-5-7-9-13/h4-9,11-12H,1,10H2,2-3H3. The molecule has 2 aromatic carbocycles. The van der Waals surface area contributed by atoms with E-state index in [2.05, 4.69) is 6.58 Å². The minimum atomic E-state index is 0.449. The van der Waals surface area contributed by atoms with Gasteiger partial charge in [0.2, 0.25) is 0 Å². The Morgan fingerprint density at radius 3 is 2.46 bits per heavy atom. The van der Waals surface area contributed by atoms with Gasteiger partial charge in [-0.05, 0) is 0 Å². The highest BCUT2D eigenvalue weighted by Crippen LogP contribution is 2.37. The summed E-state index contributed by atoms with van der Waals surface area (Å²) >= 11 is 0. The van der Waals surface area contributed by atoms with Gasteiger partial charge in [-0.1, -0.05) is 36.4 Å². The number of fused-ring (bicyclic) bond motifs is 1. The summed E-state index contributed by atoms with van der Waals surface area (Å²) in [7, 11) is 3.10. The topological polar surface area (TPSA) is 53.4 Å². The normalized spacial score (nSPS) is 10.6. The zero-order chi connectivity index (χ0) is 17.1. The lowest BCUT2D eigenvalue weighted by molar-refractivity contribution is 0.112. The molecule has 0 aliphatic carbocycles. The molecule has 1 heterocycles. The molecule has 0 unspecified atom stereocenters. The third-order valence-corrected chi connectivity index (χ3v) is 3.89. The average molecular weight is 322 g/mol. The predicted octanol–water partition coefficient (Wildman–Crippen LogP) is 3.72. The summed E-state index contributed by atoms with van der Waals surface area (Å²) in [6, 6.07) is 11.5. The maximum Gasteiger partial charge on any atom is 0.155 e. The van der Waals surface area contributed by atoms with E-state index in [0.717, 1.165) is 17.7 Å². The van der Waals surface area contributed by atoms with Crippen molar-refractivity contribution in [3.05, 3.63) is 54.6 Å². The molecule has 0 radical (unpaired) electrons. The average Bonchev–Trinajstić information content (AvgIpc) is 3.01. The number of hydrogen-bond donors (Lipinski definition) is 0. The molecule has 5 nitrogen and oxygen atoms in total. The number of aldehydes is 1. The molecule has 3 aromatic rings. The number of carbonyl (C=O) groups is 1. The minimum Gasteiger partial charge on any atom is -0.496 e. The van der Waals surface area contributed by atoms with Crippen LogP contribution in [0.1, 0.15) is 10.4 Å². The number of rotatable bonds is 6. The highest BCUT2D eigenvalue weighted by Gasteiger charge is 2.21. The van der Waals surface area contributed by atoms with Crippen molar-refractivity contribution in [1.82, 2.24) is 9.55 Å². The van der Waals surface area contributed by atoms with Crippen LogP contribution in [0, 0.1) is 0 Å². The summed E-state index contributed by atoms with van der Waals surface area (Å²) in [5.41, 5.74) is 2.71. The molecule has 24 heavy (non-hydrogen) atoms. The van der Waals surface area contributed by atoms with E-state index < -0.39 is 0 Å². The number of imidazole rings is 1. The van der Waals surface area contributed by atoms with Gasteiger partial charge in [-0.3, -0.25) is 4.79 Å². The van der Waals surface area contributed by atoms with Gasteiger partial charge in [0, 0.05) is 18.2 Å². The van der Waals surface area contributed by atoms with Gasteiger partial charge in [0.1, 0.15) is 22.8 Å². The molecular formula is C19H18N2O3. The van der Waals surface area contributed by atoms with Crippen LogP contribution in [0.5, 0.6) is 11.5 Å². The Hall–Kier alpha value is -3.08. The quantitative estimate of drug-likeness (QED) is 0.513. The molecule has 0 spiro atoms. The van der Waals surface area contributed by atoms with Crippen LogP contribution in [-0.4, -0.2) is 30.1 Å². The third kappa shape index (κ3) is 2.44. The molecule has 1 aromatic heterocycles. The van der Waals surface area contributed by atoms with E-state index in [4.69, 9.17) is 14.5 Å². The first-order valence-electron chi connectivity index (χ1n) is 7.51. The van der Waals surface area contributed by atoms with Crippen LogP contribution in [0.2, 0.25) is 0 Å². The van der Waals surface area contributed by atoms with E-state index in [1.165, 1.54) is 7.11 Å². The number of allylic oxidation sites excluding steroid dienone is 1. The zero-order valence-electron chi connectivity index (χ0n) is 13.7. The number of hydrogen-bond acceptors (Lipinski definition) is 4. The molecule has 0 aliphatic rings. The molecular weight excluding hydrogens is 304 g/mol. The van der Waals surface area contributed by atoms with Crippen LogP contribution >= 0.6 is 0 Å². The Balaban J connectivity index is 2.45. The maximum absolute atomic E-state index is 11.7. The van der Waals surface area contributed by atoms with Crippen molar-refractivity contribution in [2.75, 3.05) is 14.2 Å². The van der Waals surface area contributed by atoms with Crippen molar-refractivity contribution in [3.63, 3.8) is 0 Å². The van der Waals surface area contributed by atoms with E-state index in [-0.39, 0.29) is 0 Å². The first-order chi connectivity index (χ1) is 11.7. The van der Waals surface area contributed by atoms with E-state index in [0.29, 0.717) is 34.6 Å². The minimum absolute atomic E-state index is 0.449. The van der Waals surface area contributed by atoms with Crippen LogP contribution in [0.15, 0.2) is 49.1 Å². The Bertz CT molecular complexity index is 898. The van der Waals surface area contributed by atoms with Gasteiger partial charge in [0.25, 0.3) is 0 Å². The molecule has 3 rings (SSSR count). The predicted molar refractivity (Wildman–Crippen MR) is 93.9 cm³/mol. The number of ether oxygens (including phenoxy) is 2. The summed E-state index contributed by atoms with van der Waals surface area (Å²) in [5.74, 6) is 1.77. The van der Waals surface area contributed by atoms with Crippen LogP contribution < -0.4 is 9.47 Å². The number of carbonyl (C=O) groups excluding carboxylic acids is 1. The summed E-state index contributed by atoms with van der Waals surface area (Å²) in [6.07, 6.45) is 2.56. The fourth-order valence-electron chi connectivity index (χ4n) is 2.83. The Morgan fingerprint density at radius 1 is 1.17 bits per heavy atom. The Morgan fingerprint density at radius 2 is 1.88 bits per heavy atom. The molecule has 0 aliphatic heterocycles. The largest absolute Gasteiger partial charge is 0.496 e. The SMILES string of the molecule is C=CCn1c(-c2ccccc2)nc2c(OC)cc(OC)c(C=O)c21. The Kier molecular flexibility index (Phi) is 4.33. The Labute approximate surface area is 140 Å². The summed E-state index contributed by atoms with van der Waals surface area (Å²) in [5, 5.41) is 0. The lowest BCUT2D eigenvalue weighted by Crippen LogP contribution is -2.02. The number of benzene rings is 2. The second kappa shape index (κ2) is 6.58. The van der Waals surface area contributed by atoms with Crippen LogP contribution in [0.4, 0.5) is 0 Å². The van der Waals surface area contributed by atoms with Gasteiger partial charge < -0.3 is 14.0 Å². The lowest BCUT2D eigenvalue weighted by Gasteiger charge is -2.11. The highest BCUT2D eigenvalue weighted by molar-refractivity contribution is 6.01. The number of nitrogens with zero attached hydrogens (tertiary/aromatic N) is 2. The fourth-order valence-corrected chi connectivity index (χ4v) is 2.83. The van der Waals surface area contributed by atoms with Gasteiger partial charge in [-0.2, -0.15) is 0 Å². The van der Waals surface area contributed by atoms with Crippen molar-refractivity contribution < 1.29 is 14.3 Å². The van der Waals surface area contributed by atoms with E-state index in [1.807, 2.05) is 34.9 Å². The maximum atomic E-state index is 11.7. The first-order valence-corrected chi connectivity index (χ1v) is 7.51. The molecule has 5 heteroatoms. The molecule has 0 amide bonds. The zero-order valence-corrected chi connectivity index (χ0v) is 13.7. The van der Waals surface area contributed by atoms with Crippen LogP contribution in [0.3, 0.4) is 0 Å². The van der Waals surface area contributed by atoms with Crippen molar-refractivity contribution in [2.45, 2.75) is 6.54 Å². The first kappa shape index (κ1) is 15.8. The highest BCUT2D eigenvalue weighted by atomic mass is 16.5. The molecule has 0 saturated carbocycles.